The molecule has 26 heavy (non-hydrogen) atoms. The van der Waals surface area contributed by atoms with Gasteiger partial charge in [-0.25, -0.2) is 0 Å². The molecule has 0 aliphatic rings. The van der Waals surface area contributed by atoms with Crippen LogP contribution in [0.3, 0.4) is 0 Å². The molecule has 0 bridgehead atoms. The molecule has 0 fully saturated rings. The molecule has 1 N–H and O–H groups in total. The van der Waals surface area contributed by atoms with Gasteiger partial charge in [0, 0.05) is 12.1 Å². The van der Waals surface area contributed by atoms with Gasteiger partial charge in [-0.1, -0.05) is 65.8 Å². The number of hydrogen-bond acceptors (Lipinski definition) is 4. The first kappa shape index (κ1) is 18.5. The number of rotatable bonds is 6. The standard InChI is InChI=1S/C19H19ClN4OS/c1-3-24-17(14-9-5-4-6-10-14)22-23-19(24)26-13(2)18(25)21-16-12-8-7-11-15(16)20/h4-13H,3H2,1-2H3,(H,21,25)/t13-/m0/s1. The molecule has 0 unspecified atom stereocenters. The van der Waals surface area contributed by atoms with Gasteiger partial charge in [0.1, 0.15) is 0 Å². The zero-order valence-electron chi connectivity index (χ0n) is 14.5. The lowest BCUT2D eigenvalue weighted by atomic mass is 10.2. The molecule has 1 atom stereocenters. The van der Waals surface area contributed by atoms with Crippen LogP contribution < -0.4 is 5.32 Å². The van der Waals surface area contributed by atoms with Crippen molar-refractivity contribution in [1.82, 2.24) is 14.8 Å². The Kier molecular flexibility index (Phi) is 5.96. The Morgan fingerprint density at radius 1 is 1.15 bits per heavy atom. The maximum atomic E-state index is 12.5. The maximum absolute atomic E-state index is 12.5. The molecule has 1 heterocycles. The zero-order chi connectivity index (χ0) is 18.5. The quantitative estimate of drug-likeness (QED) is 0.622. The lowest BCUT2D eigenvalue weighted by Crippen LogP contribution is -2.23. The normalized spacial score (nSPS) is 12.0. The van der Waals surface area contributed by atoms with Crippen LogP contribution in [0.1, 0.15) is 13.8 Å². The Morgan fingerprint density at radius 2 is 1.85 bits per heavy atom. The predicted octanol–water partition coefficient (Wildman–Crippen LogP) is 4.74. The molecule has 3 rings (SSSR count). The fourth-order valence-corrected chi connectivity index (χ4v) is 3.57. The second kappa shape index (κ2) is 8.38. The molecule has 0 saturated carbocycles. The lowest BCUT2D eigenvalue weighted by molar-refractivity contribution is -0.115. The Bertz CT molecular complexity index is 898. The van der Waals surface area contributed by atoms with Crippen molar-refractivity contribution in [1.29, 1.82) is 0 Å². The monoisotopic (exact) mass is 386 g/mol. The smallest absolute Gasteiger partial charge is 0.237 e. The molecule has 5 nitrogen and oxygen atoms in total. The largest absolute Gasteiger partial charge is 0.324 e. The van der Waals surface area contributed by atoms with E-state index in [9.17, 15) is 4.79 Å². The molecule has 0 aliphatic heterocycles. The molecule has 7 heteroatoms. The molecular formula is C19H19ClN4OS. The van der Waals surface area contributed by atoms with E-state index >= 15 is 0 Å². The highest BCUT2D eigenvalue weighted by atomic mass is 35.5. The second-order valence-electron chi connectivity index (χ2n) is 5.65. The van der Waals surface area contributed by atoms with Crippen LogP contribution in [0.4, 0.5) is 5.69 Å². The Balaban J connectivity index is 1.75. The summed E-state index contributed by atoms with van der Waals surface area (Å²) in [6.45, 7) is 4.60. The van der Waals surface area contributed by atoms with Gasteiger partial charge in [0.05, 0.1) is 16.0 Å². The highest BCUT2D eigenvalue weighted by Gasteiger charge is 2.20. The Morgan fingerprint density at radius 3 is 2.54 bits per heavy atom. The minimum absolute atomic E-state index is 0.130. The highest BCUT2D eigenvalue weighted by Crippen LogP contribution is 2.28. The van der Waals surface area contributed by atoms with Gasteiger partial charge < -0.3 is 9.88 Å². The van der Waals surface area contributed by atoms with Crippen LogP contribution in [-0.2, 0) is 11.3 Å². The number of thioether (sulfide) groups is 1. The summed E-state index contributed by atoms with van der Waals surface area (Å²) in [5.41, 5.74) is 1.61. The van der Waals surface area contributed by atoms with Crippen LogP contribution in [-0.4, -0.2) is 25.9 Å². The number of benzene rings is 2. The van der Waals surface area contributed by atoms with Gasteiger partial charge >= 0.3 is 0 Å². The van der Waals surface area contributed by atoms with E-state index in [4.69, 9.17) is 11.6 Å². The first-order valence-electron chi connectivity index (χ1n) is 8.30. The Labute approximate surface area is 161 Å². The van der Waals surface area contributed by atoms with Crippen molar-refractivity contribution in [2.75, 3.05) is 5.32 Å². The van der Waals surface area contributed by atoms with Crippen molar-refractivity contribution in [3.05, 3.63) is 59.6 Å². The van der Waals surface area contributed by atoms with Gasteiger partial charge in [-0.05, 0) is 26.0 Å². The van der Waals surface area contributed by atoms with Gasteiger partial charge in [-0.2, -0.15) is 0 Å². The molecule has 0 spiro atoms. The molecule has 0 saturated heterocycles. The van der Waals surface area contributed by atoms with E-state index in [1.807, 2.05) is 60.9 Å². The van der Waals surface area contributed by atoms with E-state index in [0.29, 0.717) is 15.9 Å². The third-order valence-corrected chi connectivity index (χ3v) is 5.26. The summed E-state index contributed by atoms with van der Waals surface area (Å²) < 4.78 is 2.01. The van der Waals surface area contributed by atoms with Crippen molar-refractivity contribution in [2.24, 2.45) is 0 Å². The second-order valence-corrected chi connectivity index (χ2v) is 7.36. The van der Waals surface area contributed by atoms with E-state index in [0.717, 1.165) is 17.9 Å². The van der Waals surface area contributed by atoms with E-state index in [2.05, 4.69) is 15.5 Å². The molecule has 134 valence electrons. The average molecular weight is 387 g/mol. The van der Waals surface area contributed by atoms with Crippen LogP contribution in [0.15, 0.2) is 59.8 Å². The van der Waals surface area contributed by atoms with Gasteiger partial charge in [0.25, 0.3) is 0 Å². The molecule has 1 aromatic heterocycles. The summed E-state index contributed by atoms with van der Waals surface area (Å²) in [7, 11) is 0. The first-order chi connectivity index (χ1) is 12.6. The van der Waals surface area contributed by atoms with Crippen molar-refractivity contribution in [3.8, 4) is 11.4 Å². The van der Waals surface area contributed by atoms with E-state index < -0.39 is 0 Å². The number of nitrogens with one attached hydrogen (secondary N) is 1. The molecular weight excluding hydrogens is 368 g/mol. The summed E-state index contributed by atoms with van der Waals surface area (Å²) >= 11 is 7.48. The molecule has 3 aromatic rings. The number of halogens is 1. The number of anilines is 1. The van der Waals surface area contributed by atoms with E-state index in [1.54, 1.807) is 12.1 Å². The van der Waals surface area contributed by atoms with Crippen molar-refractivity contribution in [3.63, 3.8) is 0 Å². The predicted molar refractivity (Wildman–Crippen MR) is 107 cm³/mol. The molecule has 1 amide bonds. The maximum Gasteiger partial charge on any atom is 0.237 e. The lowest BCUT2D eigenvalue weighted by Gasteiger charge is -2.13. The number of carbonyl (C=O) groups is 1. The number of amides is 1. The summed E-state index contributed by atoms with van der Waals surface area (Å²) in [5, 5.41) is 12.3. The number of carbonyl (C=O) groups excluding carboxylic acids is 1. The fraction of sp³-hybridized carbons (Fsp3) is 0.211. The Hall–Kier alpha value is -2.31. The highest BCUT2D eigenvalue weighted by molar-refractivity contribution is 8.00. The average Bonchev–Trinajstić information content (AvgIpc) is 3.06. The van der Waals surface area contributed by atoms with E-state index in [-0.39, 0.29) is 11.2 Å². The third-order valence-electron chi connectivity index (χ3n) is 3.85. The van der Waals surface area contributed by atoms with E-state index in [1.165, 1.54) is 11.8 Å². The topological polar surface area (TPSA) is 59.8 Å². The minimum Gasteiger partial charge on any atom is -0.324 e. The van der Waals surface area contributed by atoms with Crippen LogP contribution >= 0.6 is 23.4 Å². The number of aromatic nitrogens is 3. The third kappa shape index (κ3) is 4.08. The summed E-state index contributed by atoms with van der Waals surface area (Å²) in [4.78, 5) is 12.5. The SMILES string of the molecule is CCn1c(S[C@@H](C)C(=O)Nc2ccccc2Cl)nnc1-c1ccccc1. The summed E-state index contributed by atoms with van der Waals surface area (Å²) in [6, 6.07) is 17.1. The van der Waals surface area contributed by atoms with Crippen LogP contribution in [0, 0.1) is 0 Å². The van der Waals surface area contributed by atoms with Crippen LogP contribution in [0.25, 0.3) is 11.4 Å². The number of nitrogens with zero attached hydrogens (tertiary/aromatic N) is 3. The van der Waals surface area contributed by atoms with Crippen molar-refractivity contribution in [2.45, 2.75) is 30.8 Å². The summed E-state index contributed by atoms with van der Waals surface area (Å²) in [5.74, 6) is 0.671. The van der Waals surface area contributed by atoms with Gasteiger partial charge in [0.2, 0.25) is 5.91 Å². The van der Waals surface area contributed by atoms with Gasteiger partial charge in [0.15, 0.2) is 11.0 Å². The number of hydrogen-bond donors (Lipinski definition) is 1. The van der Waals surface area contributed by atoms with Crippen molar-refractivity contribution < 1.29 is 4.79 Å². The fourth-order valence-electron chi connectivity index (χ4n) is 2.47. The van der Waals surface area contributed by atoms with Gasteiger partial charge in [-0.3, -0.25) is 4.79 Å². The molecule has 0 aliphatic carbocycles. The van der Waals surface area contributed by atoms with Crippen LogP contribution in [0.2, 0.25) is 5.02 Å². The van der Waals surface area contributed by atoms with Crippen LogP contribution in [0.5, 0.6) is 0 Å². The summed E-state index contributed by atoms with van der Waals surface area (Å²) in [6.07, 6.45) is 0. The van der Waals surface area contributed by atoms with Crippen molar-refractivity contribution >= 4 is 35.0 Å². The number of para-hydroxylation sites is 1. The molecule has 0 radical (unpaired) electrons. The first-order valence-corrected chi connectivity index (χ1v) is 9.56. The zero-order valence-corrected chi connectivity index (χ0v) is 16.1. The minimum atomic E-state index is -0.343. The molecule has 2 aromatic carbocycles. The van der Waals surface area contributed by atoms with Gasteiger partial charge in [-0.15, -0.1) is 10.2 Å².